The minimum atomic E-state index is -1.32. The molecule has 0 saturated heterocycles. The standard InChI is InChI=1S/C26H25N3O5S2/c30-24(21-8-5-13-27-18-21)33-14-16-35-36-17-15-34-26(32)28-25(31)29-22-9-3-1-6-19(22)11-12-20-7-2-4-10-23(20)29/h1-13,18,25,31H,14-17H2,(H,28,32). The number of carbonyl (C=O) groups excluding carboxylic acids is 2. The van der Waals surface area contributed by atoms with Crippen molar-refractivity contribution in [1.29, 1.82) is 0 Å². The van der Waals surface area contributed by atoms with Gasteiger partial charge in [0.1, 0.15) is 13.2 Å². The Bertz CT molecular complexity index is 1160. The third-order valence-electron chi connectivity index (χ3n) is 5.11. The van der Waals surface area contributed by atoms with Crippen molar-refractivity contribution in [3.63, 3.8) is 0 Å². The Labute approximate surface area is 217 Å². The second-order valence-corrected chi connectivity index (χ2v) is 10.2. The number of hydrogen-bond acceptors (Lipinski definition) is 9. The van der Waals surface area contributed by atoms with Crippen LogP contribution in [-0.2, 0) is 9.47 Å². The molecule has 1 atom stereocenters. The molecule has 1 amide bonds. The highest BCUT2D eigenvalue weighted by Gasteiger charge is 2.25. The summed E-state index contributed by atoms with van der Waals surface area (Å²) in [5.74, 6) is 0.741. The minimum Gasteiger partial charge on any atom is -0.461 e. The van der Waals surface area contributed by atoms with Gasteiger partial charge in [0, 0.05) is 23.9 Å². The summed E-state index contributed by atoms with van der Waals surface area (Å²) in [7, 11) is 3.01. The number of esters is 1. The van der Waals surface area contributed by atoms with Crippen LogP contribution in [0.5, 0.6) is 0 Å². The first-order valence-corrected chi connectivity index (χ1v) is 13.7. The molecule has 0 radical (unpaired) electrons. The number of alkyl carbamates (subject to hydrolysis) is 1. The highest BCUT2D eigenvalue weighted by atomic mass is 33.1. The number of para-hydroxylation sites is 2. The molecule has 36 heavy (non-hydrogen) atoms. The summed E-state index contributed by atoms with van der Waals surface area (Å²) in [6.45, 7) is 0.437. The fourth-order valence-corrected chi connectivity index (χ4v) is 5.16. The third-order valence-corrected chi connectivity index (χ3v) is 7.44. The summed E-state index contributed by atoms with van der Waals surface area (Å²) < 4.78 is 10.4. The molecular formula is C26H25N3O5S2. The molecule has 1 aliphatic heterocycles. The van der Waals surface area contributed by atoms with E-state index in [0.717, 1.165) is 22.5 Å². The number of nitrogens with zero attached hydrogens (tertiary/aromatic N) is 2. The zero-order valence-corrected chi connectivity index (χ0v) is 20.9. The van der Waals surface area contributed by atoms with Crippen LogP contribution in [0.4, 0.5) is 16.2 Å². The van der Waals surface area contributed by atoms with Crippen molar-refractivity contribution >= 4 is 57.2 Å². The molecule has 186 valence electrons. The van der Waals surface area contributed by atoms with E-state index in [-0.39, 0.29) is 13.2 Å². The van der Waals surface area contributed by atoms with Crippen LogP contribution in [0, 0.1) is 0 Å². The van der Waals surface area contributed by atoms with Gasteiger partial charge in [0.05, 0.1) is 16.9 Å². The van der Waals surface area contributed by atoms with Crippen molar-refractivity contribution in [1.82, 2.24) is 10.3 Å². The molecule has 1 aromatic heterocycles. The van der Waals surface area contributed by atoms with Crippen LogP contribution in [0.1, 0.15) is 21.5 Å². The van der Waals surface area contributed by atoms with Crippen LogP contribution in [0.25, 0.3) is 12.2 Å². The molecule has 2 aromatic carbocycles. The van der Waals surface area contributed by atoms with Crippen LogP contribution >= 0.6 is 21.6 Å². The quantitative estimate of drug-likeness (QED) is 0.166. The van der Waals surface area contributed by atoms with Crippen LogP contribution in [0.2, 0.25) is 0 Å². The number of rotatable bonds is 10. The highest BCUT2D eigenvalue weighted by Crippen LogP contribution is 2.36. The fourth-order valence-electron chi connectivity index (χ4n) is 3.50. The zero-order chi connectivity index (χ0) is 25.2. The second kappa shape index (κ2) is 13.0. The second-order valence-electron chi connectivity index (χ2n) is 7.50. The van der Waals surface area contributed by atoms with Crippen molar-refractivity contribution in [2.24, 2.45) is 0 Å². The van der Waals surface area contributed by atoms with Gasteiger partial charge in [-0.1, -0.05) is 70.1 Å². The van der Waals surface area contributed by atoms with Gasteiger partial charge in [-0.3, -0.25) is 15.2 Å². The average Bonchev–Trinajstić information content (AvgIpc) is 3.07. The topological polar surface area (TPSA) is 101 Å². The van der Waals surface area contributed by atoms with Gasteiger partial charge in [-0.25, -0.2) is 9.59 Å². The highest BCUT2D eigenvalue weighted by molar-refractivity contribution is 8.76. The summed E-state index contributed by atoms with van der Waals surface area (Å²) in [5.41, 5.74) is 3.79. The first kappa shape index (κ1) is 25.6. The number of carbonyl (C=O) groups is 2. The molecule has 0 aliphatic carbocycles. The van der Waals surface area contributed by atoms with E-state index in [9.17, 15) is 14.7 Å². The van der Waals surface area contributed by atoms with E-state index in [0.29, 0.717) is 17.1 Å². The summed E-state index contributed by atoms with van der Waals surface area (Å²) in [6, 6.07) is 18.6. The number of aromatic nitrogens is 1. The molecule has 3 aromatic rings. The number of nitrogens with one attached hydrogen (secondary N) is 1. The maximum atomic E-state index is 12.3. The predicted molar refractivity (Wildman–Crippen MR) is 144 cm³/mol. The Morgan fingerprint density at radius 3 is 2.11 bits per heavy atom. The summed E-state index contributed by atoms with van der Waals surface area (Å²) >= 11 is 0. The molecule has 1 aliphatic rings. The summed E-state index contributed by atoms with van der Waals surface area (Å²) in [4.78, 5) is 29.7. The lowest BCUT2D eigenvalue weighted by Crippen LogP contribution is -2.46. The SMILES string of the molecule is O=C(NC(O)N1c2ccccc2C=Cc2ccccc21)OCCSSCCOC(=O)c1cccnc1. The Morgan fingerprint density at radius 1 is 0.889 bits per heavy atom. The fraction of sp³-hybridized carbons (Fsp3) is 0.192. The summed E-state index contributed by atoms with van der Waals surface area (Å²) in [6.07, 6.45) is 4.98. The maximum absolute atomic E-state index is 12.3. The van der Waals surface area contributed by atoms with E-state index in [4.69, 9.17) is 9.47 Å². The van der Waals surface area contributed by atoms with Crippen molar-refractivity contribution in [3.05, 3.63) is 89.7 Å². The summed E-state index contributed by atoms with van der Waals surface area (Å²) in [5, 5.41) is 13.4. The van der Waals surface area contributed by atoms with Gasteiger partial charge in [0.25, 0.3) is 0 Å². The van der Waals surface area contributed by atoms with E-state index in [1.807, 2.05) is 60.7 Å². The first-order chi connectivity index (χ1) is 17.6. The van der Waals surface area contributed by atoms with E-state index in [2.05, 4.69) is 10.3 Å². The van der Waals surface area contributed by atoms with Crippen LogP contribution < -0.4 is 10.2 Å². The minimum absolute atomic E-state index is 0.167. The number of pyridine rings is 1. The molecule has 8 nitrogen and oxygen atoms in total. The van der Waals surface area contributed by atoms with Crippen molar-refractivity contribution in [3.8, 4) is 0 Å². The Balaban J connectivity index is 1.19. The molecule has 0 fully saturated rings. The Morgan fingerprint density at radius 2 is 1.50 bits per heavy atom. The normalized spacial score (nSPS) is 12.6. The number of ether oxygens (including phenoxy) is 2. The van der Waals surface area contributed by atoms with Gasteiger partial charge in [-0.15, -0.1) is 0 Å². The number of amides is 1. The largest absolute Gasteiger partial charge is 0.461 e. The van der Waals surface area contributed by atoms with Crippen molar-refractivity contribution < 1.29 is 24.2 Å². The number of hydrogen-bond donors (Lipinski definition) is 2. The molecule has 0 saturated carbocycles. The lowest BCUT2D eigenvalue weighted by Gasteiger charge is -2.31. The Hall–Kier alpha value is -3.47. The predicted octanol–water partition coefficient (Wildman–Crippen LogP) is 4.94. The number of aliphatic hydroxyl groups excluding tert-OH is 1. The number of fused-ring (bicyclic) bond motifs is 2. The average molecular weight is 524 g/mol. The smallest absolute Gasteiger partial charge is 0.410 e. The Kier molecular flexibility index (Phi) is 9.26. The molecule has 2 heterocycles. The van der Waals surface area contributed by atoms with E-state index in [1.165, 1.54) is 27.8 Å². The van der Waals surface area contributed by atoms with Gasteiger partial charge < -0.3 is 14.6 Å². The number of benzene rings is 2. The number of anilines is 2. The monoisotopic (exact) mass is 523 g/mol. The molecule has 2 N–H and O–H groups in total. The van der Waals surface area contributed by atoms with Gasteiger partial charge in [-0.05, 0) is 35.4 Å². The number of aliphatic hydroxyl groups is 1. The molecule has 1 unspecified atom stereocenters. The zero-order valence-electron chi connectivity index (χ0n) is 19.3. The molecule has 0 spiro atoms. The van der Waals surface area contributed by atoms with E-state index >= 15 is 0 Å². The van der Waals surface area contributed by atoms with Gasteiger partial charge >= 0.3 is 12.1 Å². The van der Waals surface area contributed by atoms with Crippen molar-refractivity contribution in [2.45, 2.75) is 6.35 Å². The van der Waals surface area contributed by atoms with Gasteiger partial charge in [-0.2, -0.15) is 0 Å². The molecule has 0 bridgehead atoms. The van der Waals surface area contributed by atoms with Crippen molar-refractivity contribution in [2.75, 3.05) is 29.6 Å². The van der Waals surface area contributed by atoms with E-state index in [1.54, 1.807) is 23.2 Å². The molecular weight excluding hydrogens is 498 g/mol. The molecule has 4 rings (SSSR count). The van der Waals surface area contributed by atoms with Gasteiger partial charge in [0.2, 0.25) is 6.35 Å². The first-order valence-electron chi connectivity index (χ1n) is 11.2. The maximum Gasteiger partial charge on any atom is 0.410 e. The van der Waals surface area contributed by atoms with Gasteiger partial charge in [0.15, 0.2) is 0 Å². The lowest BCUT2D eigenvalue weighted by atomic mass is 10.1. The van der Waals surface area contributed by atoms with E-state index < -0.39 is 18.4 Å². The van der Waals surface area contributed by atoms with Crippen LogP contribution in [0.3, 0.4) is 0 Å². The molecule has 10 heteroatoms. The van der Waals surface area contributed by atoms with Crippen LogP contribution in [0.15, 0.2) is 73.1 Å². The third kappa shape index (κ3) is 6.81. The van der Waals surface area contributed by atoms with Crippen LogP contribution in [-0.4, -0.2) is 53.2 Å². The lowest BCUT2D eigenvalue weighted by molar-refractivity contribution is 0.0530.